The molecule has 22 heavy (non-hydrogen) atoms. The van der Waals surface area contributed by atoms with Crippen LogP contribution in [0.25, 0.3) is 16.8 Å². The molecule has 0 aliphatic carbocycles. The van der Waals surface area contributed by atoms with Gasteiger partial charge in [0.2, 0.25) is 0 Å². The van der Waals surface area contributed by atoms with E-state index in [-0.39, 0.29) is 11.5 Å². The lowest BCUT2D eigenvalue weighted by molar-refractivity contribution is 0.416. The number of para-hydroxylation sites is 1. The fraction of sp³-hybridized carbons (Fsp3) is 0.294. The molecular weight excluding hydrogens is 278 g/mol. The van der Waals surface area contributed by atoms with Crippen LogP contribution < -0.4 is 10.3 Å². The lowest BCUT2D eigenvalue weighted by Gasteiger charge is -2.10. The summed E-state index contributed by atoms with van der Waals surface area (Å²) in [6.07, 6.45) is 1.80. The number of nitrogens with zero attached hydrogens (tertiary/aromatic N) is 2. The predicted octanol–water partition coefficient (Wildman–Crippen LogP) is 3.13. The standard InChI is InChI=1S/C17H19N3O2/c1-10(2)15-11(3)19-16-13(9-18-20(16)17(15)21)12-7-5-6-8-14(12)22-4/h5-10,18H,1-4H3. The van der Waals surface area contributed by atoms with Crippen molar-refractivity contribution in [1.29, 1.82) is 0 Å². The number of nitrogens with one attached hydrogen (secondary N) is 1. The summed E-state index contributed by atoms with van der Waals surface area (Å²) in [7, 11) is 1.63. The minimum Gasteiger partial charge on any atom is -0.496 e. The molecule has 0 amide bonds. The number of ether oxygens (including phenoxy) is 1. The molecule has 3 aromatic rings. The van der Waals surface area contributed by atoms with Gasteiger partial charge in [0, 0.05) is 28.6 Å². The van der Waals surface area contributed by atoms with Crippen LogP contribution in [-0.2, 0) is 0 Å². The van der Waals surface area contributed by atoms with E-state index in [1.165, 1.54) is 4.52 Å². The third-order valence-electron chi connectivity index (χ3n) is 3.86. The van der Waals surface area contributed by atoms with E-state index in [1.807, 2.05) is 45.0 Å². The zero-order valence-corrected chi connectivity index (χ0v) is 13.2. The van der Waals surface area contributed by atoms with Crippen LogP contribution in [-0.4, -0.2) is 21.7 Å². The van der Waals surface area contributed by atoms with Crippen molar-refractivity contribution in [3.63, 3.8) is 0 Å². The van der Waals surface area contributed by atoms with Gasteiger partial charge in [0.15, 0.2) is 5.65 Å². The fourth-order valence-electron chi connectivity index (χ4n) is 2.86. The third kappa shape index (κ3) is 2.09. The second-order valence-electron chi connectivity index (χ2n) is 5.62. The van der Waals surface area contributed by atoms with Gasteiger partial charge >= 0.3 is 0 Å². The third-order valence-corrected chi connectivity index (χ3v) is 3.86. The molecule has 0 spiro atoms. The molecule has 0 unspecified atom stereocenters. The van der Waals surface area contributed by atoms with Gasteiger partial charge in [0.1, 0.15) is 5.75 Å². The van der Waals surface area contributed by atoms with Gasteiger partial charge in [-0.15, -0.1) is 0 Å². The number of aromatic amines is 1. The normalized spacial score (nSPS) is 11.3. The number of fused-ring (bicyclic) bond motifs is 1. The summed E-state index contributed by atoms with van der Waals surface area (Å²) < 4.78 is 6.92. The zero-order chi connectivity index (χ0) is 15.9. The van der Waals surface area contributed by atoms with Gasteiger partial charge < -0.3 is 4.74 Å². The molecule has 0 fully saturated rings. The highest BCUT2D eigenvalue weighted by Crippen LogP contribution is 2.31. The number of aryl methyl sites for hydroxylation is 1. The predicted molar refractivity (Wildman–Crippen MR) is 86.6 cm³/mol. The Balaban J connectivity index is 2.33. The molecule has 0 saturated carbocycles. The van der Waals surface area contributed by atoms with E-state index >= 15 is 0 Å². The first kappa shape index (κ1) is 14.4. The molecule has 2 aromatic heterocycles. The summed E-state index contributed by atoms with van der Waals surface area (Å²) in [5.41, 5.74) is 3.86. The van der Waals surface area contributed by atoms with E-state index < -0.39 is 0 Å². The molecule has 5 nitrogen and oxygen atoms in total. The van der Waals surface area contributed by atoms with E-state index in [0.29, 0.717) is 5.65 Å². The number of benzene rings is 1. The molecule has 5 heteroatoms. The number of aromatic nitrogens is 3. The maximum Gasteiger partial charge on any atom is 0.276 e. The van der Waals surface area contributed by atoms with Crippen molar-refractivity contribution >= 4 is 5.65 Å². The maximum atomic E-state index is 12.7. The molecule has 2 heterocycles. The second kappa shape index (κ2) is 5.33. The van der Waals surface area contributed by atoms with Crippen molar-refractivity contribution in [2.24, 2.45) is 0 Å². The number of hydrogen-bond donors (Lipinski definition) is 1. The summed E-state index contributed by atoms with van der Waals surface area (Å²) in [6, 6.07) is 7.71. The zero-order valence-electron chi connectivity index (χ0n) is 13.2. The summed E-state index contributed by atoms with van der Waals surface area (Å²) in [6.45, 7) is 5.89. The Bertz CT molecular complexity index is 891. The minimum atomic E-state index is -0.0429. The molecule has 1 aromatic carbocycles. The second-order valence-corrected chi connectivity index (χ2v) is 5.62. The van der Waals surface area contributed by atoms with Crippen LogP contribution in [0.1, 0.15) is 31.0 Å². The monoisotopic (exact) mass is 297 g/mol. The number of rotatable bonds is 3. The highest BCUT2D eigenvalue weighted by molar-refractivity contribution is 5.81. The van der Waals surface area contributed by atoms with Crippen molar-refractivity contribution in [3.05, 3.63) is 52.1 Å². The molecule has 3 rings (SSSR count). The topological polar surface area (TPSA) is 59.4 Å². The Morgan fingerprint density at radius 3 is 2.64 bits per heavy atom. The molecule has 0 aliphatic rings. The number of H-pyrrole nitrogens is 1. The summed E-state index contributed by atoms with van der Waals surface area (Å²) >= 11 is 0. The van der Waals surface area contributed by atoms with Crippen molar-refractivity contribution < 1.29 is 4.74 Å². The molecule has 0 saturated heterocycles. The Hall–Kier alpha value is -2.56. The van der Waals surface area contributed by atoms with E-state index in [4.69, 9.17) is 4.74 Å². The first-order valence-corrected chi connectivity index (χ1v) is 7.28. The van der Waals surface area contributed by atoms with E-state index in [9.17, 15) is 4.79 Å². The molecular formula is C17H19N3O2. The highest BCUT2D eigenvalue weighted by Gasteiger charge is 2.18. The van der Waals surface area contributed by atoms with Gasteiger partial charge in [-0.05, 0) is 18.9 Å². The Labute approximate surface area is 128 Å². The number of hydrogen-bond acceptors (Lipinski definition) is 3. The Kier molecular flexibility index (Phi) is 3.48. The smallest absolute Gasteiger partial charge is 0.276 e. The van der Waals surface area contributed by atoms with Crippen molar-refractivity contribution in [2.45, 2.75) is 26.7 Å². The van der Waals surface area contributed by atoms with Crippen LogP contribution in [0.4, 0.5) is 0 Å². The van der Waals surface area contributed by atoms with Crippen LogP contribution in [0.15, 0.2) is 35.3 Å². The first-order valence-electron chi connectivity index (χ1n) is 7.28. The number of methoxy groups -OCH3 is 1. The SMILES string of the molecule is COc1ccccc1-c1c[nH]n2c(=O)c(C(C)C)c(C)nc12. The van der Waals surface area contributed by atoms with Gasteiger partial charge in [-0.1, -0.05) is 32.0 Å². The molecule has 0 atom stereocenters. The average molecular weight is 297 g/mol. The van der Waals surface area contributed by atoms with Crippen LogP contribution in [0.3, 0.4) is 0 Å². The van der Waals surface area contributed by atoms with Crippen molar-refractivity contribution in [2.75, 3.05) is 7.11 Å². The Morgan fingerprint density at radius 2 is 1.95 bits per heavy atom. The van der Waals surface area contributed by atoms with Crippen LogP contribution >= 0.6 is 0 Å². The lowest BCUT2D eigenvalue weighted by atomic mass is 10.0. The van der Waals surface area contributed by atoms with Crippen LogP contribution in [0.2, 0.25) is 0 Å². The summed E-state index contributed by atoms with van der Waals surface area (Å²) in [4.78, 5) is 17.3. The van der Waals surface area contributed by atoms with Gasteiger partial charge in [-0.3, -0.25) is 9.89 Å². The van der Waals surface area contributed by atoms with Gasteiger partial charge in [0.05, 0.1) is 7.11 Å². The molecule has 0 bridgehead atoms. The molecule has 0 radical (unpaired) electrons. The van der Waals surface area contributed by atoms with Gasteiger partial charge in [-0.25, -0.2) is 9.50 Å². The van der Waals surface area contributed by atoms with Crippen molar-refractivity contribution in [3.8, 4) is 16.9 Å². The fourth-order valence-corrected chi connectivity index (χ4v) is 2.86. The van der Waals surface area contributed by atoms with E-state index in [0.717, 1.165) is 28.1 Å². The quantitative estimate of drug-likeness (QED) is 0.808. The van der Waals surface area contributed by atoms with E-state index in [2.05, 4.69) is 10.1 Å². The largest absolute Gasteiger partial charge is 0.496 e. The molecule has 1 N–H and O–H groups in total. The maximum absolute atomic E-state index is 12.7. The molecule has 0 aliphatic heterocycles. The van der Waals surface area contributed by atoms with Crippen molar-refractivity contribution in [1.82, 2.24) is 14.6 Å². The first-order chi connectivity index (χ1) is 10.5. The van der Waals surface area contributed by atoms with Crippen LogP contribution in [0.5, 0.6) is 5.75 Å². The van der Waals surface area contributed by atoms with Gasteiger partial charge in [-0.2, -0.15) is 0 Å². The Morgan fingerprint density at radius 1 is 1.23 bits per heavy atom. The lowest BCUT2D eigenvalue weighted by Crippen LogP contribution is -2.22. The highest BCUT2D eigenvalue weighted by atomic mass is 16.5. The summed E-state index contributed by atoms with van der Waals surface area (Å²) in [5, 5.41) is 3.01. The van der Waals surface area contributed by atoms with Gasteiger partial charge in [0.25, 0.3) is 5.56 Å². The summed E-state index contributed by atoms with van der Waals surface area (Å²) in [5.74, 6) is 0.888. The average Bonchev–Trinajstić information content (AvgIpc) is 2.90. The molecule has 114 valence electrons. The van der Waals surface area contributed by atoms with E-state index in [1.54, 1.807) is 13.3 Å². The van der Waals surface area contributed by atoms with Crippen LogP contribution in [0, 0.1) is 6.92 Å². The minimum absolute atomic E-state index is 0.0429.